The van der Waals surface area contributed by atoms with Crippen molar-refractivity contribution in [1.82, 2.24) is 19.5 Å². The van der Waals surface area contributed by atoms with E-state index in [9.17, 15) is 0 Å². The predicted molar refractivity (Wildman–Crippen MR) is 76.2 cm³/mol. The van der Waals surface area contributed by atoms with Crippen molar-refractivity contribution in [3.63, 3.8) is 0 Å². The van der Waals surface area contributed by atoms with E-state index in [0.717, 1.165) is 25.9 Å². The third-order valence-corrected chi connectivity index (χ3v) is 2.99. The third-order valence-electron chi connectivity index (χ3n) is 2.71. The Bertz CT molecular complexity index is 525. The fourth-order valence-electron chi connectivity index (χ4n) is 1.67. The number of hydrogen-bond donors (Lipinski definition) is 2. The van der Waals surface area contributed by atoms with Crippen LogP contribution in [0.25, 0.3) is 0 Å². The molecule has 2 aromatic rings. The van der Waals surface area contributed by atoms with Crippen molar-refractivity contribution in [1.29, 1.82) is 0 Å². The summed E-state index contributed by atoms with van der Waals surface area (Å²) in [6, 6.07) is 0. The van der Waals surface area contributed by atoms with Crippen molar-refractivity contribution < 1.29 is 0 Å². The van der Waals surface area contributed by atoms with E-state index in [0.29, 0.717) is 22.5 Å². The summed E-state index contributed by atoms with van der Waals surface area (Å²) in [5, 5.41) is 3.51. The summed E-state index contributed by atoms with van der Waals surface area (Å²) in [4.78, 5) is 12.4. The van der Waals surface area contributed by atoms with Crippen LogP contribution in [0.2, 0.25) is 5.15 Å². The number of nitrogens with zero attached hydrogens (tertiary/aromatic N) is 4. The lowest BCUT2D eigenvalue weighted by molar-refractivity contribution is 0.660. The fraction of sp³-hybridized carbons (Fsp3) is 0.417. The van der Waals surface area contributed by atoms with Crippen LogP contribution < -0.4 is 11.1 Å². The van der Waals surface area contributed by atoms with Gasteiger partial charge in [0.05, 0.1) is 6.33 Å². The quantitative estimate of drug-likeness (QED) is 0.624. The Morgan fingerprint density at radius 3 is 2.95 bits per heavy atom. The second kappa shape index (κ2) is 6.38. The Kier molecular flexibility index (Phi) is 4.57. The molecule has 0 unspecified atom stereocenters. The summed E-state index contributed by atoms with van der Waals surface area (Å²) in [5.74, 6) is 1.30. The maximum absolute atomic E-state index is 5.96. The summed E-state index contributed by atoms with van der Waals surface area (Å²) in [5.41, 5.74) is 6.25. The normalized spacial score (nSPS) is 10.6. The zero-order valence-corrected chi connectivity index (χ0v) is 11.6. The number of aromatic nitrogens is 4. The predicted octanol–water partition coefficient (Wildman–Crippen LogP) is 1.97. The Morgan fingerprint density at radius 2 is 2.26 bits per heavy atom. The van der Waals surface area contributed by atoms with Crippen molar-refractivity contribution in [2.24, 2.45) is 0 Å². The number of nitrogen functional groups attached to an aromatic ring is 1. The Morgan fingerprint density at radius 1 is 1.42 bits per heavy atom. The van der Waals surface area contributed by atoms with Gasteiger partial charge in [0.2, 0.25) is 0 Å². The van der Waals surface area contributed by atoms with E-state index in [2.05, 4.69) is 20.3 Å². The molecule has 0 bridgehead atoms. The van der Waals surface area contributed by atoms with Gasteiger partial charge in [0, 0.05) is 31.9 Å². The van der Waals surface area contributed by atoms with Crippen molar-refractivity contribution >= 4 is 23.1 Å². The summed E-state index contributed by atoms with van der Waals surface area (Å²) >= 11 is 5.96. The van der Waals surface area contributed by atoms with Crippen LogP contribution in [0.3, 0.4) is 0 Å². The molecule has 0 saturated heterocycles. The van der Waals surface area contributed by atoms with Gasteiger partial charge in [0.25, 0.3) is 0 Å². The van der Waals surface area contributed by atoms with Gasteiger partial charge in [-0.2, -0.15) is 0 Å². The molecule has 2 heterocycles. The summed E-state index contributed by atoms with van der Waals surface area (Å²) < 4.78 is 2.02. The first kappa shape index (κ1) is 13.6. The second-order valence-corrected chi connectivity index (χ2v) is 4.49. The Hall–Kier alpha value is -1.82. The summed E-state index contributed by atoms with van der Waals surface area (Å²) in [6.45, 7) is 3.63. The zero-order valence-electron chi connectivity index (χ0n) is 10.8. The van der Waals surface area contributed by atoms with Crippen molar-refractivity contribution in [2.45, 2.75) is 26.3 Å². The largest absolute Gasteiger partial charge is 0.393 e. The number of aryl methyl sites for hydroxylation is 2. The number of anilines is 2. The highest BCUT2D eigenvalue weighted by Gasteiger charge is 2.08. The average molecular weight is 281 g/mol. The van der Waals surface area contributed by atoms with Crippen LogP contribution in [-0.2, 0) is 13.0 Å². The first-order valence-electron chi connectivity index (χ1n) is 6.22. The first-order chi connectivity index (χ1) is 9.20. The van der Waals surface area contributed by atoms with E-state index in [1.54, 1.807) is 12.5 Å². The highest BCUT2D eigenvalue weighted by molar-refractivity contribution is 6.32. The van der Waals surface area contributed by atoms with Gasteiger partial charge in [-0.25, -0.2) is 15.0 Å². The van der Waals surface area contributed by atoms with E-state index in [1.807, 2.05) is 17.7 Å². The molecule has 0 amide bonds. The van der Waals surface area contributed by atoms with Gasteiger partial charge in [0.1, 0.15) is 11.5 Å². The Labute approximate surface area is 117 Å². The number of imidazole rings is 1. The molecule has 0 aliphatic carbocycles. The van der Waals surface area contributed by atoms with E-state index in [-0.39, 0.29) is 0 Å². The molecule has 0 atom stereocenters. The lowest BCUT2D eigenvalue weighted by Gasteiger charge is -2.10. The summed E-state index contributed by atoms with van der Waals surface area (Å²) in [6.07, 6.45) is 7.17. The van der Waals surface area contributed by atoms with Gasteiger partial charge in [-0.15, -0.1) is 0 Å². The van der Waals surface area contributed by atoms with Gasteiger partial charge in [-0.05, 0) is 6.42 Å². The van der Waals surface area contributed by atoms with E-state index in [4.69, 9.17) is 17.3 Å². The van der Waals surface area contributed by atoms with Crippen LogP contribution in [0, 0.1) is 0 Å². The second-order valence-electron chi connectivity index (χ2n) is 4.13. The molecular formula is C12H17ClN6. The molecule has 0 fully saturated rings. The molecule has 0 aliphatic rings. The van der Waals surface area contributed by atoms with Gasteiger partial charge >= 0.3 is 0 Å². The van der Waals surface area contributed by atoms with Crippen LogP contribution in [0.5, 0.6) is 0 Å². The van der Waals surface area contributed by atoms with Crippen LogP contribution in [0.15, 0.2) is 18.7 Å². The fourth-order valence-corrected chi connectivity index (χ4v) is 1.85. The maximum Gasteiger partial charge on any atom is 0.157 e. The van der Waals surface area contributed by atoms with Crippen LogP contribution in [-0.4, -0.2) is 26.1 Å². The molecule has 6 nitrogen and oxygen atoms in total. The minimum Gasteiger partial charge on any atom is -0.393 e. The highest BCUT2D eigenvalue weighted by atomic mass is 35.5. The molecule has 0 aliphatic heterocycles. The smallest absolute Gasteiger partial charge is 0.157 e. The van der Waals surface area contributed by atoms with Gasteiger partial charge < -0.3 is 15.6 Å². The monoisotopic (exact) mass is 280 g/mol. The molecule has 2 rings (SSSR count). The molecule has 102 valence electrons. The van der Waals surface area contributed by atoms with Crippen LogP contribution in [0.4, 0.5) is 11.5 Å². The number of halogens is 1. The van der Waals surface area contributed by atoms with Gasteiger partial charge in [0.15, 0.2) is 11.0 Å². The molecule has 0 spiro atoms. The summed E-state index contributed by atoms with van der Waals surface area (Å²) in [7, 11) is 0. The van der Waals surface area contributed by atoms with Gasteiger partial charge in [-0.1, -0.05) is 18.5 Å². The molecule has 0 radical (unpaired) electrons. The highest BCUT2D eigenvalue weighted by Crippen LogP contribution is 2.23. The van der Waals surface area contributed by atoms with Crippen LogP contribution in [0.1, 0.15) is 19.2 Å². The minimum atomic E-state index is 0.309. The third kappa shape index (κ3) is 3.57. The molecule has 7 heteroatoms. The first-order valence-corrected chi connectivity index (χ1v) is 6.60. The number of rotatable bonds is 6. The van der Waals surface area contributed by atoms with Crippen LogP contribution >= 0.6 is 11.6 Å². The van der Waals surface area contributed by atoms with Crippen molar-refractivity contribution in [3.8, 4) is 0 Å². The van der Waals surface area contributed by atoms with E-state index >= 15 is 0 Å². The number of nitrogens with one attached hydrogen (secondary N) is 1. The number of hydrogen-bond acceptors (Lipinski definition) is 5. The average Bonchev–Trinajstić information content (AvgIpc) is 2.92. The molecule has 3 N–H and O–H groups in total. The minimum absolute atomic E-state index is 0.309. The maximum atomic E-state index is 5.96. The Balaban J connectivity index is 1.90. The molecular weight excluding hydrogens is 264 g/mol. The molecule has 19 heavy (non-hydrogen) atoms. The topological polar surface area (TPSA) is 81.6 Å². The lowest BCUT2D eigenvalue weighted by atomic mass is 10.3. The molecule has 0 saturated carbocycles. The molecule has 0 aromatic carbocycles. The van der Waals surface area contributed by atoms with E-state index in [1.165, 1.54) is 0 Å². The van der Waals surface area contributed by atoms with Crippen molar-refractivity contribution in [3.05, 3.63) is 29.7 Å². The SMILES string of the molecule is CCc1nc(Cl)c(N)c(NCCCn2ccnc2)n1. The zero-order chi connectivity index (χ0) is 13.7. The molecule has 2 aromatic heterocycles. The van der Waals surface area contributed by atoms with E-state index < -0.39 is 0 Å². The van der Waals surface area contributed by atoms with Gasteiger partial charge in [-0.3, -0.25) is 0 Å². The lowest BCUT2D eigenvalue weighted by Crippen LogP contribution is -2.11. The number of nitrogens with two attached hydrogens (primary N) is 1. The standard InChI is InChI=1S/C12H17ClN6/c1-2-9-17-11(13)10(14)12(18-9)16-4-3-6-19-7-5-15-8-19/h5,7-8H,2-4,6,14H2,1H3,(H,16,17,18). The van der Waals surface area contributed by atoms with Crippen molar-refractivity contribution in [2.75, 3.05) is 17.6 Å².